The SMILES string of the molecule is CC1=CC(=O)N(C2CCCCC2CN)C1=O. The average molecular weight is 222 g/mol. The zero-order chi connectivity index (χ0) is 11.7. The van der Waals surface area contributed by atoms with E-state index in [-0.39, 0.29) is 23.8 Å². The average Bonchev–Trinajstić information content (AvgIpc) is 2.53. The van der Waals surface area contributed by atoms with Gasteiger partial charge in [0.05, 0.1) is 0 Å². The van der Waals surface area contributed by atoms with Crippen molar-refractivity contribution in [3.8, 4) is 0 Å². The Balaban J connectivity index is 2.18. The first-order valence-corrected chi connectivity index (χ1v) is 5.91. The molecule has 4 nitrogen and oxygen atoms in total. The molecule has 0 radical (unpaired) electrons. The predicted molar refractivity (Wildman–Crippen MR) is 60.4 cm³/mol. The summed E-state index contributed by atoms with van der Waals surface area (Å²) < 4.78 is 0. The van der Waals surface area contributed by atoms with Gasteiger partial charge in [-0.3, -0.25) is 14.5 Å². The number of carbonyl (C=O) groups is 2. The molecule has 1 aliphatic heterocycles. The van der Waals surface area contributed by atoms with Crippen LogP contribution in [0.1, 0.15) is 32.6 Å². The molecule has 0 spiro atoms. The third-order valence-electron chi connectivity index (χ3n) is 3.64. The second-order valence-electron chi connectivity index (χ2n) is 4.69. The number of rotatable bonds is 2. The van der Waals surface area contributed by atoms with Crippen molar-refractivity contribution >= 4 is 11.8 Å². The second kappa shape index (κ2) is 4.37. The largest absolute Gasteiger partial charge is 0.330 e. The highest BCUT2D eigenvalue weighted by atomic mass is 16.2. The molecular weight excluding hydrogens is 204 g/mol. The van der Waals surface area contributed by atoms with Gasteiger partial charge in [0, 0.05) is 17.7 Å². The van der Waals surface area contributed by atoms with Crippen LogP contribution in [-0.2, 0) is 9.59 Å². The molecule has 1 heterocycles. The summed E-state index contributed by atoms with van der Waals surface area (Å²) in [5.74, 6) is -0.0100. The van der Waals surface area contributed by atoms with Gasteiger partial charge in [0.15, 0.2) is 0 Å². The number of nitrogens with two attached hydrogens (primary N) is 1. The van der Waals surface area contributed by atoms with E-state index in [0.717, 1.165) is 25.7 Å². The van der Waals surface area contributed by atoms with E-state index >= 15 is 0 Å². The van der Waals surface area contributed by atoms with Gasteiger partial charge in [0.1, 0.15) is 0 Å². The topological polar surface area (TPSA) is 63.4 Å². The van der Waals surface area contributed by atoms with Crippen LogP contribution in [0.3, 0.4) is 0 Å². The number of hydrogen-bond acceptors (Lipinski definition) is 3. The van der Waals surface area contributed by atoms with E-state index in [2.05, 4.69) is 0 Å². The van der Waals surface area contributed by atoms with Gasteiger partial charge in [0.2, 0.25) is 0 Å². The summed E-state index contributed by atoms with van der Waals surface area (Å²) in [6, 6.07) is 0.0208. The molecule has 0 saturated heterocycles. The fourth-order valence-electron chi connectivity index (χ4n) is 2.72. The number of carbonyl (C=O) groups excluding carboxylic acids is 2. The number of imide groups is 1. The molecule has 1 fully saturated rings. The zero-order valence-electron chi connectivity index (χ0n) is 9.61. The van der Waals surface area contributed by atoms with Crippen molar-refractivity contribution in [2.75, 3.05) is 6.54 Å². The third-order valence-corrected chi connectivity index (χ3v) is 3.64. The van der Waals surface area contributed by atoms with Crippen LogP contribution in [0.5, 0.6) is 0 Å². The first kappa shape index (κ1) is 11.3. The van der Waals surface area contributed by atoms with Gasteiger partial charge in [-0.15, -0.1) is 0 Å². The lowest BCUT2D eigenvalue weighted by atomic mass is 9.83. The molecule has 0 aromatic rings. The van der Waals surface area contributed by atoms with Crippen molar-refractivity contribution in [2.45, 2.75) is 38.6 Å². The normalized spacial score (nSPS) is 30.9. The van der Waals surface area contributed by atoms with Crippen LogP contribution in [0.4, 0.5) is 0 Å². The Kier molecular flexibility index (Phi) is 3.10. The molecule has 2 aliphatic rings. The molecule has 2 rings (SSSR count). The third kappa shape index (κ3) is 1.78. The molecule has 2 atom stereocenters. The molecular formula is C12H18N2O2. The Morgan fingerprint density at radius 1 is 1.38 bits per heavy atom. The van der Waals surface area contributed by atoms with Gasteiger partial charge in [-0.25, -0.2) is 0 Å². The minimum absolute atomic E-state index is 0.0208. The van der Waals surface area contributed by atoms with Gasteiger partial charge in [-0.05, 0) is 32.2 Å². The van der Waals surface area contributed by atoms with Gasteiger partial charge in [-0.2, -0.15) is 0 Å². The molecule has 88 valence electrons. The monoisotopic (exact) mass is 222 g/mol. The van der Waals surface area contributed by atoms with E-state index < -0.39 is 0 Å². The summed E-state index contributed by atoms with van der Waals surface area (Å²) in [6.07, 6.45) is 5.60. The smallest absolute Gasteiger partial charge is 0.256 e. The fraction of sp³-hybridized carbons (Fsp3) is 0.667. The maximum atomic E-state index is 11.9. The van der Waals surface area contributed by atoms with Crippen LogP contribution in [0.2, 0.25) is 0 Å². The van der Waals surface area contributed by atoms with Crippen LogP contribution < -0.4 is 5.73 Å². The van der Waals surface area contributed by atoms with Crippen molar-refractivity contribution in [3.63, 3.8) is 0 Å². The molecule has 1 saturated carbocycles. The van der Waals surface area contributed by atoms with Crippen molar-refractivity contribution in [1.82, 2.24) is 4.90 Å². The van der Waals surface area contributed by atoms with Crippen molar-refractivity contribution in [2.24, 2.45) is 11.7 Å². The Hall–Kier alpha value is -1.16. The van der Waals surface area contributed by atoms with E-state index in [9.17, 15) is 9.59 Å². The van der Waals surface area contributed by atoms with Gasteiger partial charge in [0.25, 0.3) is 11.8 Å². The highest BCUT2D eigenvalue weighted by Gasteiger charge is 2.38. The Morgan fingerprint density at radius 3 is 2.62 bits per heavy atom. The number of hydrogen-bond donors (Lipinski definition) is 1. The minimum atomic E-state index is -0.159. The molecule has 0 aromatic carbocycles. The fourth-order valence-corrected chi connectivity index (χ4v) is 2.72. The highest BCUT2D eigenvalue weighted by Crippen LogP contribution is 2.30. The molecule has 4 heteroatoms. The van der Waals surface area contributed by atoms with Crippen LogP contribution in [0, 0.1) is 5.92 Å². The molecule has 2 amide bonds. The summed E-state index contributed by atoms with van der Waals surface area (Å²) in [5, 5.41) is 0. The van der Waals surface area contributed by atoms with Crippen molar-refractivity contribution < 1.29 is 9.59 Å². The Bertz CT molecular complexity index is 349. The predicted octanol–water partition coefficient (Wildman–Crippen LogP) is 0.819. The lowest BCUT2D eigenvalue weighted by molar-refractivity contribution is -0.141. The van der Waals surface area contributed by atoms with Gasteiger partial charge >= 0.3 is 0 Å². The lowest BCUT2D eigenvalue weighted by Gasteiger charge is -2.36. The summed E-state index contributed by atoms with van der Waals surface area (Å²) in [5.41, 5.74) is 6.27. The first-order valence-electron chi connectivity index (χ1n) is 5.91. The summed E-state index contributed by atoms with van der Waals surface area (Å²) >= 11 is 0. The molecule has 1 aliphatic carbocycles. The molecule has 0 aromatic heterocycles. The van der Waals surface area contributed by atoms with Gasteiger partial charge in [-0.1, -0.05) is 12.8 Å². The van der Waals surface area contributed by atoms with E-state index in [1.807, 2.05) is 0 Å². The van der Waals surface area contributed by atoms with Crippen LogP contribution in [0.15, 0.2) is 11.6 Å². The minimum Gasteiger partial charge on any atom is -0.330 e. The Morgan fingerprint density at radius 2 is 2.06 bits per heavy atom. The zero-order valence-corrected chi connectivity index (χ0v) is 9.61. The van der Waals surface area contributed by atoms with Gasteiger partial charge < -0.3 is 5.73 Å². The van der Waals surface area contributed by atoms with E-state index in [1.165, 1.54) is 11.0 Å². The van der Waals surface area contributed by atoms with E-state index in [4.69, 9.17) is 5.73 Å². The lowest BCUT2D eigenvalue weighted by Crippen LogP contribution is -2.48. The Labute approximate surface area is 95.5 Å². The molecule has 2 unspecified atom stereocenters. The summed E-state index contributed by atoms with van der Waals surface area (Å²) in [4.78, 5) is 25.0. The van der Waals surface area contributed by atoms with Crippen molar-refractivity contribution in [3.05, 3.63) is 11.6 Å². The maximum Gasteiger partial charge on any atom is 0.256 e. The van der Waals surface area contributed by atoms with Crippen LogP contribution in [-0.4, -0.2) is 29.3 Å². The number of nitrogens with zero attached hydrogens (tertiary/aromatic N) is 1. The summed E-state index contributed by atoms with van der Waals surface area (Å²) in [7, 11) is 0. The van der Waals surface area contributed by atoms with E-state index in [0.29, 0.717) is 12.1 Å². The quantitative estimate of drug-likeness (QED) is 0.703. The summed E-state index contributed by atoms with van der Waals surface area (Å²) in [6.45, 7) is 2.25. The molecule has 2 N–H and O–H groups in total. The van der Waals surface area contributed by atoms with E-state index in [1.54, 1.807) is 6.92 Å². The van der Waals surface area contributed by atoms with Crippen LogP contribution >= 0.6 is 0 Å². The maximum absolute atomic E-state index is 11.9. The standard InChI is InChI=1S/C12H18N2O2/c1-8-6-11(15)14(12(8)16)10-5-3-2-4-9(10)7-13/h6,9-10H,2-5,7,13H2,1H3. The highest BCUT2D eigenvalue weighted by molar-refractivity contribution is 6.16. The number of amides is 2. The first-order chi connectivity index (χ1) is 7.65. The van der Waals surface area contributed by atoms with Crippen LogP contribution in [0.25, 0.3) is 0 Å². The molecule has 0 bridgehead atoms. The van der Waals surface area contributed by atoms with Crippen molar-refractivity contribution in [1.29, 1.82) is 0 Å². The second-order valence-corrected chi connectivity index (χ2v) is 4.69. The molecule has 16 heavy (non-hydrogen) atoms.